The minimum absolute atomic E-state index is 0. The third kappa shape index (κ3) is 8.99. The van der Waals surface area contributed by atoms with Gasteiger partial charge in [-0.05, 0) is 12.8 Å². The van der Waals surface area contributed by atoms with Gasteiger partial charge in [0.05, 0.1) is 5.92 Å². The molecule has 0 saturated carbocycles. The summed E-state index contributed by atoms with van der Waals surface area (Å²) in [6, 6.07) is -1.21. The van der Waals surface area contributed by atoms with Crippen LogP contribution in [0.5, 0.6) is 0 Å². The van der Waals surface area contributed by atoms with Gasteiger partial charge in [-0.2, -0.15) is 0 Å². The highest BCUT2D eigenvalue weighted by Crippen LogP contribution is 2.49. The first-order valence-electron chi connectivity index (χ1n) is 6.18. The van der Waals surface area contributed by atoms with Crippen molar-refractivity contribution in [2.24, 2.45) is 11.7 Å². The van der Waals surface area contributed by atoms with Crippen LogP contribution in [0.4, 0.5) is 0 Å². The zero-order valence-corrected chi connectivity index (χ0v) is 13.7. The van der Waals surface area contributed by atoms with E-state index >= 15 is 0 Å². The van der Waals surface area contributed by atoms with E-state index in [1.165, 1.54) is 0 Å². The lowest BCUT2D eigenvalue weighted by molar-refractivity contribution is -0.142. The van der Waals surface area contributed by atoms with Crippen molar-refractivity contribution in [3.63, 3.8) is 0 Å². The van der Waals surface area contributed by atoms with E-state index in [9.17, 15) is 18.9 Å². The van der Waals surface area contributed by atoms with E-state index in [-0.39, 0.29) is 44.0 Å². The topological polar surface area (TPSA) is 164 Å². The number of aliphatic carboxylic acids is 3. The van der Waals surface area contributed by atoms with Crippen LogP contribution < -0.4 is 5.73 Å². The minimum Gasteiger partial charge on any atom is -0.481 e. The van der Waals surface area contributed by atoms with Crippen molar-refractivity contribution in [2.45, 2.75) is 25.3 Å². The van der Waals surface area contributed by atoms with E-state index in [1.54, 1.807) is 0 Å². The molecule has 5 N–H and O–H groups in total. The van der Waals surface area contributed by atoms with Gasteiger partial charge in [0.1, 0.15) is 6.04 Å². The number of carboxylic acid groups (broad SMARTS) is 3. The van der Waals surface area contributed by atoms with Crippen molar-refractivity contribution in [3.8, 4) is 0 Å². The molecule has 11 heteroatoms. The standard InChI is InChI=1S/C11H20NO8P.ClH/c1-20-21(19,5-4-8(12)11(17)18)6-7(10(15)16)2-3-9(13)14;/h7-8H,2-6,12H2,1H3,(H,13,14)(H,15,16)(H,17,18);1H/t7-,8+,21?;/m1./s1. The van der Waals surface area contributed by atoms with E-state index in [4.69, 9.17) is 25.6 Å². The molecule has 22 heavy (non-hydrogen) atoms. The van der Waals surface area contributed by atoms with Gasteiger partial charge >= 0.3 is 17.9 Å². The third-order valence-corrected chi connectivity index (χ3v) is 5.59. The van der Waals surface area contributed by atoms with Crippen LogP contribution in [0.2, 0.25) is 0 Å². The molecule has 3 atom stereocenters. The second-order valence-electron chi connectivity index (χ2n) is 4.60. The Morgan fingerprint density at radius 1 is 1.14 bits per heavy atom. The van der Waals surface area contributed by atoms with Crippen molar-refractivity contribution >= 4 is 37.7 Å². The molecule has 0 fully saturated rings. The Hall–Kier alpha value is -1.15. The van der Waals surface area contributed by atoms with E-state index in [2.05, 4.69) is 0 Å². The van der Waals surface area contributed by atoms with Crippen LogP contribution in [0.1, 0.15) is 19.3 Å². The highest BCUT2D eigenvalue weighted by Gasteiger charge is 2.32. The van der Waals surface area contributed by atoms with Gasteiger partial charge in [0.2, 0.25) is 7.37 Å². The first kappa shape index (κ1) is 23.1. The molecule has 0 heterocycles. The summed E-state index contributed by atoms with van der Waals surface area (Å²) in [6.07, 6.45) is -1.18. The molecule has 0 spiro atoms. The molecule has 130 valence electrons. The molecule has 0 aliphatic heterocycles. The highest BCUT2D eigenvalue weighted by molar-refractivity contribution is 7.59. The van der Waals surface area contributed by atoms with Crippen LogP contribution in [0, 0.1) is 5.92 Å². The van der Waals surface area contributed by atoms with Gasteiger partial charge in [0, 0.05) is 25.9 Å². The van der Waals surface area contributed by atoms with E-state index < -0.39 is 37.2 Å². The van der Waals surface area contributed by atoms with Gasteiger partial charge in [-0.15, -0.1) is 12.4 Å². The zero-order valence-electron chi connectivity index (χ0n) is 12.0. The van der Waals surface area contributed by atoms with Gasteiger partial charge < -0.3 is 25.6 Å². The average Bonchev–Trinajstić information content (AvgIpc) is 2.40. The lowest BCUT2D eigenvalue weighted by atomic mass is 10.1. The molecule has 0 aromatic carbocycles. The summed E-state index contributed by atoms with van der Waals surface area (Å²) < 4.78 is 17.2. The SMILES string of the molecule is COP(=O)(CC[C@H](N)C(=O)O)C[C@@H](CCC(=O)O)C(=O)O.Cl. The first-order chi connectivity index (χ1) is 9.61. The molecule has 0 rings (SSSR count). The number of halogens is 1. The Morgan fingerprint density at radius 2 is 1.68 bits per heavy atom. The number of hydrogen-bond donors (Lipinski definition) is 4. The summed E-state index contributed by atoms with van der Waals surface area (Å²) in [6.45, 7) is 0. The lowest BCUT2D eigenvalue weighted by Crippen LogP contribution is -2.31. The molecule has 0 saturated heterocycles. The summed E-state index contributed by atoms with van der Waals surface area (Å²) in [5.41, 5.74) is 5.30. The Morgan fingerprint density at radius 3 is 2.05 bits per heavy atom. The summed E-state index contributed by atoms with van der Waals surface area (Å²) in [4.78, 5) is 32.1. The Labute approximate surface area is 133 Å². The second-order valence-corrected chi connectivity index (χ2v) is 7.41. The fraction of sp³-hybridized carbons (Fsp3) is 0.727. The second kappa shape index (κ2) is 10.6. The molecule has 0 bridgehead atoms. The quantitative estimate of drug-likeness (QED) is 0.387. The largest absolute Gasteiger partial charge is 0.481 e. The fourth-order valence-corrected chi connectivity index (χ4v) is 3.84. The van der Waals surface area contributed by atoms with Crippen LogP contribution in [0.25, 0.3) is 0 Å². The predicted molar refractivity (Wildman–Crippen MR) is 79.8 cm³/mol. The third-order valence-electron chi connectivity index (χ3n) is 2.99. The van der Waals surface area contributed by atoms with Crippen LogP contribution in [0.15, 0.2) is 0 Å². The molecule has 0 aliphatic rings. The monoisotopic (exact) mass is 361 g/mol. The molecule has 0 radical (unpaired) electrons. The summed E-state index contributed by atoms with van der Waals surface area (Å²) >= 11 is 0. The molecule has 9 nitrogen and oxygen atoms in total. The van der Waals surface area contributed by atoms with Crippen molar-refractivity contribution in [3.05, 3.63) is 0 Å². The van der Waals surface area contributed by atoms with Gasteiger partial charge in [-0.1, -0.05) is 0 Å². The Kier molecular flexibility index (Phi) is 11.1. The molecule has 0 aliphatic carbocycles. The maximum Gasteiger partial charge on any atom is 0.320 e. The summed E-state index contributed by atoms with van der Waals surface area (Å²) in [7, 11) is -2.24. The lowest BCUT2D eigenvalue weighted by Gasteiger charge is -2.21. The molecule has 0 aromatic rings. The maximum atomic E-state index is 12.4. The Balaban J connectivity index is 0. The minimum atomic E-state index is -3.38. The maximum absolute atomic E-state index is 12.4. The van der Waals surface area contributed by atoms with Crippen LogP contribution in [-0.4, -0.2) is 58.7 Å². The zero-order chi connectivity index (χ0) is 16.6. The van der Waals surface area contributed by atoms with E-state index in [0.29, 0.717) is 0 Å². The normalized spacial score (nSPS) is 15.9. The van der Waals surface area contributed by atoms with Crippen molar-refractivity contribution in [1.29, 1.82) is 0 Å². The molecular weight excluding hydrogens is 341 g/mol. The Bertz CT molecular complexity index is 444. The van der Waals surface area contributed by atoms with Crippen molar-refractivity contribution < 1.29 is 38.8 Å². The van der Waals surface area contributed by atoms with E-state index in [1.807, 2.05) is 0 Å². The van der Waals surface area contributed by atoms with Crippen molar-refractivity contribution in [2.75, 3.05) is 19.4 Å². The van der Waals surface area contributed by atoms with Crippen molar-refractivity contribution in [1.82, 2.24) is 0 Å². The summed E-state index contributed by atoms with van der Waals surface area (Å²) in [5, 5.41) is 26.2. The highest BCUT2D eigenvalue weighted by atomic mass is 35.5. The smallest absolute Gasteiger partial charge is 0.320 e. The number of carbonyl (C=O) groups is 3. The van der Waals surface area contributed by atoms with Gasteiger partial charge in [0.25, 0.3) is 0 Å². The van der Waals surface area contributed by atoms with Gasteiger partial charge in [-0.25, -0.2) is 0 Å². The summed E-state index contributed by atoms with van der Waals surface area (Å²) in [5.74, 6) is -4.80. The molecule has 0 amide bonds. The van der Waals surface area contributed by atoms with Gasteiger partial charge in [0.15, 0.2) is 0 Å². The predicted octanol–water partition coefficient (Wildman–Crippen LogP) is 0.700. The number of nitrogens with two attached hydrogens (primary N) is 1. The van der Waals surface area contributed by atoms with Crippen LogP contribution >= 0.6 is 19.8 Å². The number of hydrogen-bond acceptors (Lipinski definition) is 6. The van der Waals surface area contributed by atoms with Crippen LogP contribution in [0.3, 0.4) is 0 Å². The van der Waals surface area contributed by atoms with E-state index in [0.717, 1.165) is 7.11 Å². The number of rotatable bonds is 11. The molecular formula is C11H21ClNO8P. The molecule has 1 unspecified atom stereocenters. The average molecular weight is 362 g/mol. The number of carboxylic acids is 3. The first-order valence-corrected chi connectivity index (χ1v) is 8.17. The van der Waals surface area contributed by atoms with Crippen LogP contribution in [-0.2, 0) is 23.5 Å². The fourth-order valence-electron chi connectivity index (χ4n) is 1.64. The van der Waals surface area contributed by atoms with Gasteiger partial charge in [-0.3, -0.25) is 18.9 Å². The molecule has 0 aromatic heterocycles.